The van der Waals surface area contributed by atoms with E-state index in [1.165, 1.54) is 4.90 Å². The fourth-order valence-corrected chi connectivity index (χ4v) is 4.79. The van der Waals surface area contributed by atoms with Gasteiger partial charge in [0, 0.05) is 27.6 Å². The number of hydrogen-bond donors (Lipinski definition) is 2. The van der Waals surface area contributed by atoms with Crippen LogP contribution in [0.3, 0.4) is 0 Å². The van der Waals surface area contributed by atoms with Crippen LogP contribution >= 0.6 is 11.8 Å². The number of nitrogens with two attached hydrogens (primary N) is 1. The van der Waals surface area contributed by atoms with Gasteiger partial charge in [0.25, 0.3) is 0 Å². The number of ether oxygens (including phenoxy) is 1. The normalized spacial score (nSPS) is 17.2. The molecule has 1 aliphatic rings. The van der Waals surface area contributed by atoms with Gasteiger partial charge in [-0.3, -0.25) is 19.5 Å². The maximum absolute atomic E-state index is 13.2. The number of Topliss-reactive ketones (excluding diaryl/α,β-unsaturated/α-hetero) is 1. The lowest BCUT2D eigenvalue weighted by molar-refractivity contribution is -0.129. The number of ketones is 1. The highest BCUT2D eigenvalue weighted by Crippen LogP contribution is 2.37. The average Bonchev–Trinajstić information content (AvgIpc) is 2.94. The fourth-order valence-electron chi connectivity index (χ4n) is 4.38. The monoisotopic (exact) mass is 547 g/mol. The molecule has 9 heteroatoms. The molecule has 3 aromatic rings. The standard InChI is InChI=1S/C22H24N2O4.C8H9NOS/c1-22(2)19(12-15-7-9-18(28-3)10-8-15)24(21(26)27)14-16(20(22)25)13-17-6-4-5-11-23-17;1-11-7-4-2-6(3-5-7)8(9)10/h4-11,13,19H,12,14H2,1-3H3,(H,26,27);2-5H,1H3,(H2,9,10). The number of primary amides is 1. The molecule has 1 aromatic heterocycles. The minimum Gasteiger partial charge on any atom is -0.497 e. The van der Waals surface area contributed by atoms with E-state index in [-0.39, 0.29) is 18.2 Å². The summed E-state index contributed by atoms with van der Waals surface area (Å²) in [6.07, 6.45) is 4.73. The number of hydrogen-bond acceptors (Lipinski definition) is 6. The Morgan fingerprint density at radius 1 is 1.13 bits per heavy atom. The van der Waals surface area contributed by atoms with Crippen LogP contribution in [-0.4, -0.2) is 58.7 Å². The number of aromatic nitrogens is 1. The Morgan fingerprint density at radius 2 is 1.79 bits per heavy atom. The van der Waals surface area contributed by atoms with Crippen LogP contribution in [0.5, 0.6) is 5.75 Å². The van der Waals surface area contributed by atoms with Crippen molar-refractivity contribution in [3.63, 3.8) is 0 Å². The Bertz CT molecular complexity index is 1320. The number of pyridine rings is 1. The van der Waals surface area contributed by atoms with E-state index in [1.54, 1.807) is 55.4 Å². The number of carbonyl (C=O) groups excluding carboxylic acids is 2. The Balaban J connectivity index is 0.000000320. The van der Waals surface area contributed by atoms with Gasteiger partial charge in [-0.2, -0.15) is 0 Å². The van der Waals surface area contributed by atoms with E-state index in [2.05, 4.69) is 4.98 Å². The topological polar surface area (TPSA) is 123 Å². The summed E-state index contributed by atoms with van der Waals surface area (Å²) in [6.45, 7) is 3.67. The van der Waals surface area contributed by atoms with Gasteiger partial charge in [0.1, 0.15) is 5.75 Å². The summed E-state index contributed by atoms with van der Waals surface area (Å²) in [5, 5.41) is 9.82. The number of thioether (sulfide) groups is 1. The maximum Gasteiger partial charge on any atom is 0.407 e. The lowest BCUT2D eigenvalue weighted by atomic mass is 9.71. The highest BCUT2D eigenvalue weighted by Gasteiger charge is 2.47. The maximum atomic E-state index is 13.2. The Hall–Kier alpha value is -4.11. The van der Waals surface area contributed by atoms with Crippen molar-refractivity contribution in [2.45, 2.75) is 31.2 Å². The SMILES string of the molecule is COc1ccc(CC2N(C(=O)O)CC(=Cc3ccccn3)C(=O)C2(C)C)cc1.CSc1ccc(C(N)=O)cc1. The van der Waals surface area contributed by atoms with Crippen LogP contribution in [-0.2, 0) is 11.2 Å². The van der Waals surface area contributed by atoms with E-state index >= 15 is 0 Å². The molecule has 0 radical (unpaired) electrons. The molecule has 39 heavy (non-hydrogen) atoms. The third kappa shape index (κ3) is 7.48. The molecule has 0 bridgehead atoms. The molecule has 1 atom stereocenters. The molecule has 2 aromatic carbocycles. The van der Waals surface area contributed by atoms with Gasteiger partial charge >= 0.3 is 6.09 Å². The lowest BCUT2D eigenvalue weighted by Gasteiger charge is -2.45. The Morgan fingerprint density at radius 3 is 2.31 bits per heavy atom. The Kier molecular flexibility index (Phi) is 9.89. The van der Waals surface area contributed by atoms with Crippen molar-refractivity contribution in [1.82, 2.24) is 9.88 Å². The smallest absolute Gasteiger partial charge is 0.407 e. The molecule has 0 saturated carbocycles. The van der Waals surface area contributed by atoms with Gasteiger partial charge in [-0.15, -0.1) is 11.8 Å². The van der Waals surface area contributed by atoms with Crippen LogP contribution in [0, 0.1) is 5.41 Å². The molecule has 2 heterocycles. The van der Waals surface area contributed by atoms with E-state index in [4.69, 9.17) is 10.5 Å². The second kappa shape index (κ2) is 13.1. The third-order valence-electron chi connectivity index (χ3n) is 6.65. The predicted molar refractivity (Wildman–Crippen MR) is 153 cm³/mol. The lowest BCUT2D eigenvalue weighted by Crippen LogP contribution is -2.58. The molecule has 204 valence electrons. The number of benzene rings is 2. The van der Waals surface area contributed by atoms with E-state index in [9.17, 15) is 19.5 Å². The highest BCUT2D eigenvalue weighted by atomic mass is 32.2. The quantitative estimate of drug-likeness (QED) is 0.322. The van der Waals surface area contributed by atoms with Gasteiger partial charge in [-0.05, 0) is 72.8 Å². The summed E-state index contributed by atoms with van der Waals surface area (Å²) < 4.78 is 5.18. The largest absolute Gasteiger partial charge is 0.497 e. The number of carbonyl (C=O) groups is 3. The van der Waals surface area contributed by atoms with E-state index < -0.39 is 17.6 Å². The molecule has 1 saturated heterocycles. The minimum atomic E-state index is -1.04. The molecular weight excluding hydrogens is 514 g/mol. The third-order valence-corrected chi connectivity index (χ3v) is 7.39. The molecular formula is C30H33N3O5S. The van der Waals surface area contributed by atoms with Crippen molar-refractivity contribution < 1.29 is 24.2 Å². The molecule has 4 rings (SSSR count). The van der Waals surface area contributed by atoms with Crippen LogP contribution < -0.4 is 10.5 Å². The fraction of sp³-hybridized carbons (Fsp3) is 0.267. The van der Waals surface area contributed by atoms with Crippen LogP contribution in [0.2, 0.25) is 0 Å². The molecule has 0 spiro atoms. The minimum absolute atomic E-state index is 0.0471. The number of amides is 2. The van der Waals surface area contributed by atoms with Crippen molar-refractivity contribution >= 4 is 35.6 Å². The molecule has 3 N–H and O–H groups in total. The summed E-state index contributed by atoms with van der Waals surface area (Å²) >= 11 is 1.64. The van der Waals surface area contributed by atoms with Crippen LogP contribution in [0.1, 0.15) is 35.5 Å². The van der Waals surface area contributed by atoms with E-state index in [0.29, 0.717) is 23.3 Å². The summed E-state index contributed by atoms with van der Waals surface area (Å²) in [4.78, 5) is 42.5. The first-order chi connectivity index (χ1) is 18.6. The average molecular weight is 548 g/mol. The van der Waals surface area contributed by atoms with Crippen LogP contribution in [0.4, 0.5) is 4.79 Å². The van der Waals surface area contributed by atoms with Crippen LogP contribution in [0.15, 0.2) is 83.4 Å². The number of rotatable bonds is 6. The van der Waals surface area contributed by atoms with Crippen molar-refractivity contribution in [2.24, 2.45) is 11.1 Å². The summed E-state index contributed by atoms with van der Waals surface area (Å²) in [6, 6.07) is 19.7. The number of methoxy groups -OCH3 is 1. The first-order valence-electron chi connectivity index (χ1n) is 12.3. The zero-order chi connectivity index (χ0) is 28.6. The zero-order valence-corrected chi connectivity index (χ0v) is 23.3. The van der Waals surface area contributed by atoms with Gasteiger partial charge in [0.15, 0.2) is 5.78 Å². The second-order valence-corrected chi connectivity index (χ2v) is 10.4. The highest BCUT2D eigenvalue weighted by molar-refractivity contribution is 7.98. The molecule has 8 nitrogen and oxygen atoms in total. The first-order valence-corrected chi connectivity index (χ1v) is 13.5. The van der Waals surface area contributed by atoms with E-state index in [1.807, 2.05) is 62.6 Å². The molecule has 1 aliphatic heterocycles. The van der Waals surface area contributed by atoms with E-state index in [0.717, 1.165) is 16.2 Å². The zero-order valence-electron chi connectivity index (χ0n) is 22.5. The van der Waals surface area contributed by atoms with Gasteiger partial charge in [-0.25, -0.2) is 4.79 Å². The van der Waals surface area contributed by atoms with Gasteiger partial charge in [0.2, 0.25) is 5.91 Å². The number of nitrogens with zero attached hydrogens (tertiary/aromatic N) is 2. The number of carboxylic acid groups (broad SMARTS) is 1. The molecule has 2 amide bonds. The van der Waals surface area contributed by atoms with Crippen LogP contribution in [0.25, 0.3) is 6.08 Å². The number of piperidine rings is 1. The van der Waals surface area contributed by atoms with Crippen molar-refractivity contribution in [3.05, 3.63) is 95.3 Å². The van der Waals surface area contributed by atoms with Gasteiger partial charge < -0.3 is 15.6 Å². The molecule has 0 aliphatic carbocycles. The summed E-state index contributed by atoms with van der Waals surface area (Å²) in [5.74, 6) is 0.310. The van der Waals surface area contributed by atoms with Crippen molar-refractivity contribution in [3.8, 4) is 5.75 Å². The first kappa shape index (κ1) is 29.4. The van der Waals surface area contributed by atoms with Crippen molar-refractivity contribution in [2.75, 3.05) is 19.9 Å². The van der Waals surface area contributed by atoms with Gasteiger partial charge in [0.05, 0.1) is 25.4 Å². The Labute approximate surface area is 232 Å². The molecule has 1 fully saturated rings. The van der Waals surface area contributed by atoms with Gasteiger partial charge in [-0.1, -0.05) is 32.0 Å². The summed E-state index contributed by atoms with van der Waals surface area (Å²) in [5.41, 5.74) is 6.80. The summed E-state index contributed by atoms with van der Waals surface area (Å²) in [7, 11) is 1.60. The number of likely N-dealkylation sites (tertiary alicyclic amines) is 1. The predicted octanol–water partition coefficient (Wildman–Crippen LogP) is 5.18. The second-order valence-electron chi connectivity index (χ2n) is 9.55. The molecule has 1 unspecified atom stereocenters. The van der Waals surface area contributed by atoms with Crippen molar-refractivity contribution in [1.29, 1.82) is 0 Å².